The van der Waals surface area contributed by atoms with E-state index in [2.05, 4.69) is 16.0 Å². The van der Waals surface area contributed by atoms with Crippen molar-refractivity contribution in [2.75, 3.05) is 13.3 Å². The molecule has 144 valence electrons. The summed E-state index contributed by atoms with van der Waals surface area (Å²) in [5, 5.41) is 8.40. The van der Waals surface area contributed by atoms with E-state index in [-0.39, 0.29) is 36.2 Å². The van der Waals surface area contributed by atoms with Crippen LogP contribution in [0.2, 0.25) is 0 Å². The highest BCUT2D eigenvalue weighted by molar-refractivity contribution is 7.89. The predicted octanol–water partition coefficient (Wildman–Crippen LogP) is 1.34. The first-order chi connectivity index (χ1) is 12.3. The van der Waals surface area contributed by atoms with E-state index in [1.54, 1.807) is 19.2 Å². The third-order valence-electron chi connectivity index (χ3n) is 4.66. The maximum atomic E-state index is 12.1. The van der Waals surface area contributed by atoms with E-state index in [1.165, 1.54) is 6.26 Å². The molecule has 8 heteroatoms. The normalized spacial score (nSPS) is 20.2. The van der Waals surface area contributed by atoms with E-state index in [1.807, 2.05) is 12.1 Å². The van der Waals surface area contributed by atoms with Crippen LogP contribution in [0.25, 0.3) is 0 Å². The molecule has 1 aromatic rings. The molecular weight excluding hydrogens is 354 g/mol. The minimum absolute atomic E-state index is 0.0315. The summed E-state index contributed by atoms with van der Waals surface area (Å²) in [5.74, 6) is 0.0510. The van der Waals surface area contributed by atoms with Gasteiger partial charge in [0, 0.05) is 31.8 Å². The molecule has 1 aliphatic rings. The van der Waals surface area contributed by atoms with Crippen molar-refractivity contribution in [3.8, 4) is 0 Å². The standard InChI is InChI=1S/C18H27N3O4S/c1-19-17(22)13-7-9-16(10-8-13)21-18(23)20-11-14-5-3-4-6-15(14)12-26(2,24)25/h3-6,13,16H,7-12H2,1-2H3,(H,19,22)(H2,20,21,23). The number of hydrogen-bond acceptors (Lipinski definition) is 4. The van der Waals surface area contributed by atoms with Crippen molar-refractivity contribution in [2.45, 2.75) is 44.0 Å². The summed E-state index contributed by atoms with van der Waals surface area (Å²) >= 11 is 0. The van der Waals surface area contributed by atoms with Crippen LogP contribution in [-0.4, -0.2) is 39.7 Å². The Morgan fingerprint density at radius 2 is 1.69 bits per heavy atom. The van der Waals surface area contributed by atoms with Gasteiger partial charge < -0.3 is 16.0 Å². The third-order valence-corrected chi connectivity index (χ3v) is 5.49. The van der Waals surface area contributed by atoms with E-state index in [0.29, 0.717) is 5.56 Å². The fourth-order valence-corrected chi connectivity index (χ4v) is 4.12. The smallest absolute Gasteiger partial charge is 0.315 e. The van der Waals surface area contributed by atoms with Crippen LogP contribution in [0.4, 0.5) is 4.79 Å². The molecule has 0 spiro atoms. The van der Waals surface area contributed by atoms with E-state index >= 15 is 0 Å². The Kier molecular flexibility index (Phi) is 7.02. The van der Waals surface area contributed by atoms with E-state index in [4.69, 9.17) is 0 Å². The van der Waals surface area contributed by atoms with Crippen molar-refractivity contribution >= 4 is 21.8 Å². The Morgan fingerprint density at radius 3 is 2.27 bits per heavy atom. The second kappa shape index (κ2) is 9.02. The SMILES string of the molecule is CNC(=O)C1CCC(NC(=O)NCc2ccccc2CS(C)(=O)=O)CC1. The maximum Gasteiger partial charge on any atom is 0.315 e. The van der Waals surface area contributed by atoms with Crippen LogP contribution in [0.3, 0.4) is 0 Å². The molecule has 0 aliphatic heterocycles. The summed E-state index contributed by atoms with van der Waals surface area (Å²) in [6.07, 6.45) is 4.27. The second-order valence-corrected chi connectivity index (χ2v) is 8.97. The van der Waals surface area contributed by atoms with E-state index in [0.717, 1.165) is 31.2 Å². The van der Waals surface area contributed by atoms with Crippen molar-refractivity contribution in [3.63, 3.8) is 0 Å². The minimum Gasteiger partial charge on any atom is -0.359 e. The Morgan fingerprint density at radius 1 is 1.08 bits per heavy atom. The fraction of sp³-hybridized carbons (Fsp3) is 0.556. The van der Waals surface area contributed by atoms with Crippen LogP contribution >= 0.6 is 0 Å². The average Bonchev–Trinajstić information content (AvgIpc) is 2.59. The lowest BCUT2D eigenvalue weighted by Crippen LogP contribution is -2.44. The zero-order chi connectivity index (χ0) is 19.2. The molecule has 1 aromatic carbocycles. The maximum absolute atomic E-state index is 12.1. The van der Waals surface area contributed by atoms with Gasteiger partial charge in [0.05, 0.1) is 5.75 Å². The number of urea groups is 1. The van der Waals surface area contributed by atoms with Crippen molar-refractivity contribution in [1.82, 2.24) is 16.0 Å². The van der Waals surface area contributed by atoms with Gasteiger partial charge in [-0.05, 0) is 36.8 Å². The summed E-state index contributed by atoms with van der Waals surface area (Å²) < 4.78 is 23.0. The number of hydrogen-bond donors (Lipinski definition) is 3. The van der Waals surface area contributed by atoms with Gasteiger partial charge in [0.2, 0.25) is 5.91 Å². The highest BCUT2D eigenvalue weighted by Crippen LogP contribution is 2.24. The van der Waals surface area contributed by atoms with Gasteiger partial charge in [-0.1, -0.05) is 24.3 Å². The van der Waals surface area contributed by atoms with Gasteiger partial charge in [-0.15, -0.1) is 0 Å². The summed E-state index contributed by atoms with van der Waals surface area (Å²) in [6, 6.07) is 6.96. The number of carbonyl (C=O) groups excluding carboxylic acids is 2. The number of benzene rings is 1. The quantitative estimate of drug-likeness (QED) is 0.691. The Labute approximate surface area is 154 Å². The van der Waals surface area contributed by atoms with Crippen LogP contribution in [0.1, 0.15) is 36.8 Å². The zero-order valence-corrected chi connectivity index (χ0v) is 16.1. The first kappa shape index (κ1) is 20.2. The van der Waals surface area contributed by atoms with Crippen molar-refractivity contribution < 1.29 is 18.0 Å². The molecule has 1 fully saturated rings. The number of sulfone groups is 1. The van der Waals surface area contributed by atoms with Gasteiger partial charge in [0.1, 0.15) is 0 Å². The highest BCUT2D eigenvalue weighted by Gasteiger charge is 2.26. The van der Waals surface area contributed by atoms with Gasteiger partial charge in [-0.25, -0.2) is 13.2 Å². The first-order valence-corrected chi connectivity index (χ1v) is 10.8. The lowest BCUT2D eigenvalue weighted by molar-refractivity contribution is -0.125. The number of nitrogens with one attached hydrogen (secondary N) is 3. The first-order valence-electron chi connectivity index (χ1n) is 8.79. The third kappa shape index (κ3) is 6.33. The lowest BCUT2D eigenvalue weighted by atomic mass is 9.85. The van der Waals surface area contributed by atoms with Gasteiger partial charge in [0.15, 0.2) is 9.84 Å². The van der Waals surface area contributed by atoms with Gasteiger partial charge >= 0.3 is 6.03 Å². The molecule has 0 atom stereocenters. The topological polar surface area (TPSA) is 104 Å². The van der Waals surface area contributed by atoms with Crippen LogP contribution < -0.4 is 16.0 Å². The summed E-state index contributed by atoms with van der Waals surface area (Å²) in [4.78, 5) is 23.8. The molecule has 2 rings (SSSR count). The Bertz CT molecular complexity index is 741. The van der Waals surface area contributed by atoms with Crippen LogP contribution in [0, 0.1) is 5.92 Å². The van der Waals surface area contributed by atoms with Crippen molar-refractivity contribution in [3.05, 3.63) is 35.4 Å². The molecule has 3 amide bonds. The van der Waals surface area contributed by atoms with Gasteiger partial charge in [0.25, 0.3) is 0 Å². The number of rotatable bonds is 6. The summed E-state index contributed by atoms with van der Waals surface area (Å²) in [5.41, 5.74) is 1.48. The predicted molar refractivity (Wildman–Crippen MR) is 100 cm³/mol. The molecule has 0 radical (unpaired) electrons. The zero-order valence-electron chi connectivity index (χ0n) is 15.2. The monoisotopic (exact) mass is 381 g/mol. The van der Waals surface area contributed by atoms with Crippen LogP contribution in [-0.2, 0) is 26.9 Å². The molecule has 3 N–H and O–H groups in total. The van der Waals surface area contributed by atoms with Crippen LogP contribution in [0.15, 0.2) is 24.3 Å². The molecular formula is C18H27N3O4S. The Balaban J connectivity index is 1.82. The molecule has 26 heavy (non-hydrogen) atoms. The fourth-order valence-electron chi connectivity index (χ4n) is 3.27. The van der Waals surface area contributed by atoms with Crippen LogP contribution in [0.5, 0.6) is 0 Å². The summed E-state index contributed by atoms with van der Waals surface area (Å²) in [6.45, 7) is 0.269. The number of amides is 3. The van der Waals surface area contributed by atoms with Gasteiger partial charge in [-0.2, -0.15) is 0 Å². The molecule has 1 saturated carbocycles. The average molecular weight is 381 g/mol. The summed E-state index contributed by atoms with van der Waals surface area (Å²) in [7, 11) is -1.50. The molecule has 0 saturated heterocycles. The molecule has 1 aliphatic carbocycles. The molecule has 7 nitrogen and oxygen atoms in total. The molecule has 0 bridgehead atoms. The highest BCUT2D eigenvalue weighted by atomic mass is 32.2. The van der Waals surface area contributed by atoms with E-state index in [9.17, 15) is 18.0 Å². The van der Waals surface area contributed by atoms with E-state index < -0.39 is 9.84 Å². The lowest BCUT2D eigenvalue weighted by Gasteiger charge is -2.28. The minimum atomic E-state index is -3.14. The van der Waals surface area contributed by atoms with Crippen molar-refractivity contribution in [1.29, 1.82) is 0 Å². The number of carbonyl (C=O) groups is 2. The largest absolute Gasteiger partial charge is 0.359 e. The molecule has 0 aromatic heterocycles. The van der Waals surface area contributed by atoms with Gasteiger partial charge in [-0.3, -0.25) is 4.79 Å². The van der Waals surface area contributed by atoms with Crippen molar-refractivity contribution in [2.24, 2.45) is 5.92 Å². The molecule has 0 unspecified atom stereocenters. The second-order valence-electron chi connectivity index (χ2n) is 6.83. The Hall–Kier alpha value is -2.09. The molecule has 0 heterocycles.